The number of hydrogen-bond donors (Lipinski definition) is 1. The van der Waals surface area contributed by atoms with Crippen molar-refractivity contribution in [2.75, 3.05) is 20.2 Å². The van der Waals surface area contributed by atoms with Crippen LogP contribution in [0.15, 0.2) is 6.07 Å². The average Bonchev–Trinajstić information content (AvgIpc) is 2.70. The summed E-state index contributed by atoms with van der Waals surface area (Å²) in [6, 6.07) is 1.93. The monoisotopic (exact) mass is 308 g/mol. The minimum Gasteiger partial charge on any atom is -0.372 e. The molecule has 7 nitrogen and oxygen atoms in total. The van der Waals surface area contributed by atoms with Gasteiger partial charge in [-0.3, -0.25) is 14.3 Å². The van der Waals surface area contributed by atoms with E-state index < -0.39 is 6.10 Å². The fourth-order valence-electron chi connectivity index (χ4n) is 2.69. The van der Waals surface area contributed by atoms with Crippen LogP contribution >= 0.6 is 0 Å². The van der Waals surface area contributed by atoms with E-state index in [2.05, 4.69) is 10.4 Å². The number of methoxy groups -OCH3 is 1. The van der Waals surface area contributed by atoms with Crippen LogP contribution in [0.2, 0.25) is 0 Å². The van der Waals surface area contributed by atoms with Crippen LogP contribution in [0.3, 0.4) is 0 Å². The van der Waals surface area contributed by atoms with Gasteiger partial charge in [-0.15, -0.1) is 0 Å². The molecule has 1 unspecified atom stereocenters. The third kappa shape index (κ3) is 4.07. The highest BCUT2D eigenvalue weighted by Crippen LogP contribution is 2.14. The summed E-state index contributed by atoms with van der Waals surface area (Å²) in [5, 5.41) is 7.07. The highest BCUT2D eigenvalue weighted by Gasteiger charge is 2.27. The Kier molecular flexibility index (Phi) is 5.54. The van der Waals surface area contributed by atoms with E-state index in [4.69, 9.17) is 4.74 Å². The molecule has 2 rings (SSSR count). The lowest BCUT2D eigenvalue weighted by Crippen LogP contribution is -2.44. The first-order chi connectivity index (χ1) is 10.5. The maximum Gasteiger partial charge on any atom is 0.252 e. The normalized spacial score (nSPS) is 19.1. The number of nitrogens with one attached hydrogen (secondary N) is 1. The number of amides is 2. The van der Waals surface area contributed by atoms with Crippen molar-refractivity contribution in [3.8, 4) is 0 Å². The number of nitrogens with zero attached hydrogens (tertiary/aromatic N) is 3. The summed E-state index contributed by atoms with van der Waals surface area (Å²) in [7, 11) is 3.38. The van der Waals surface area contributed by atoms with Crippen LogP contribution < -0.4 is 5.32 Å². The molecular weight excluding hydrogens is 284 g/mol. The zero-order chi connectivity index (χ0) is 16.1. The molecule has 0 saturated carbocycles. The van der Waals surface area contributed by atoms with Crippen molar-refractivity contribution in [3.05, 3.63) is 17.5 Å². The van der Waals surface area contributed by atoms with Crippen LogP contribution in [0, 0.1) is 6.92 Å². The molecule has 1 aromatic rings. The minimum absolute atomic E-state index is 0.0789. The molecule has 7 heteroatoms. The van der Waals surface area contributed by atoms with E-state index in [1.165, 1.54) is 7.11 Å². The Morgan fingerprint density at radius 2 is 2.27 bits per heavy atom. The van der Waals surface area contributed by atoms with Crippen LogP contribution in [0.1, 0.15) is 30.7 Å². The van der Waals surface area contributed by atoms with Gasteiger partial charge in [-0.05, 0) is 32.3 Å². The number of rotatable bonds is 5. The predicted molar refractivity (Wildman–Crippen MR) is 81.0 cm³/mol. The third-order valence-corrected chi connectivity index (χ3v) is 3.92. The summed E-state index contributed by atoms with van der Waals surface area (Å²) in [4.78, 5) is 25.9. The molecule has 1 saturated heterocycles. The fraction of sp³-hybridized carbons (Fsp3) is 0.667. The van der Waals surface area contributed by atoms with Gasteiger partial charge in [-0.1, -0.05) is 0 Å². The summed E-state index contributed by atoms with van der Waals surface area (Å²) in [5.74, 6) is -0.254. The third-order valence-electron chi connectivity index (χ3n) is 3.92. The molecule has 122 valence electrons. The van der Waals surface area contributed by atoms with Crippen molar-refractivity contribution in [2.24, 2.45) is 7.05 Å². The van der Waals surface area contributed by atoms with Crippen molar-refractivity contribution in [1.29, 1.82) is 0 Å². The molecule has 0 aliphatic carbocycles. The van der Waals surface area contributed by atoms with Gasteiger partial charge in [0, 0.05) is 20.7 Å². The topological polar surface area (TPSA) is 76.5 Å². The van der Waals surface area contributed by atoms with E-state index in [1.54, 1.807) is 9.58 Å². The molecule has 1 aliphatic heterocycles. The van der Waals surface area contributed by atoms with E-state index in [0.29, 0.717) is 13.1 Å². The first kappa shape index (κ1) is 16.5. The van der Waals surface area contributed by atoms with Crippen molar-refractivity contribution >= 4 is 11.8 Å². The van der Waals surface area contributed by atoms with E-state index in [1.807, 2.05) is 20.0 Å². The molecule has 0 aromatic carbocycles. The summed E-state index contributed by atoms with van der Waals surface area (Å²) >= 11 is 0. The molecule has 1 fully saturated rings. The molecular formula is C15H24N4O3. The number of aryl methyl sites for hydroxylation is 2. The molecule has 1 aliphatic rings. The Morgan fingerprint density at radius 1 is 1.50 bits per heavy atom. The molecule has 1 aromatic heterocycles. The highest BCUT2D eigenvalue weighted by molar-refractivity contribution is 5.87. The smallest absolute Gasteiger partial charge is 0.252 e. The summed E-state index contributed by atoms with van der Waals surface area (Å²) in [5.41, 5.74) is 1.85. The van der Waals surface area contributed by atoms with Crippen LogP contribution in [-0.2, 0) is 27.9 Å². The lowest BCUT2D eigenvalue weighted by molar-refractivity contribution is -0.144. The number of carbonyl (C=O) groups is 2. The minimum atomic E-state index is -0.421. The standard InChI is InChI=1S/C15H24N4O3/c1-11-8-12(18(2)17-11)9-16-14(20)10-19-7-5-4-6-13(22-3)15(19)21/h8,13H,4-7,9-10H2,1-3H3,(H,16,20). The lowest BCUT2D eigenvalue weighted by atomic mass is 10.2. The molecule has 0 bridgehead atoms. The van der Waals surface area contributed by atoms with Gasteiger partial charge >= 0.3 is 0 Å². The Morgan fingerprint density at radius 3 is 2.91 bits per heavy atom. The first-order valence-electron chi connectivity index (χ1n) is 7.59. The van der Waals surface area contributed by atoms with Crippen molar-refractivity contribution in [3.63, 3.8) is 0 Å². The number of hydrogen-bond acceptors (Lipinski definition) is 4. The average molecular weight is 308 g/mol. The number of aromatic nitrogens is 2. The SMILES string of the molecule is COC1CCCCN(CC(=O)NCc2cc(C)nn2C)C1=O. The van der Waals surface area contributed by atoms with Gasteiger partial charge in [0.25, 0.3) is 5.91 Å². The second-order valence-corrected chi connectivity index (χ2v) is 5.66. The van der Waals surface area contributed by atoms with Gasteiger partial charge in [0.15, 0.2) is 0 Å². The van der Waals surface area contributed by atoms with Crippen molar-refractivity contribution in [2.45, 2.75) is 38.8 Å². The van der Waals surface area contributed by atoms with Gasteiger partial charge in [-0.2, -0.15) is 5.10 Å². The number of ether oxygens (including phenoxy) is 1. The van der Waals surface area contributed by atoms with Gasteiger partial charge in [0.1, 0.15) is 6.10 Å². The van der Waals surface area contributed by atoms with Gasteiger partial charge in [0.2, 0.25) is 5.91 Å². The Bertz CT molecular complexity index is 541. The number of likely N-dealkylation sites (tertiary alicyclic amines) is 1. The van der Waals surface area contributed by atoms with E-state index in [0.717, 1.165) is 30.7 Å². The Hall–Kier alpha value is -1.89. The molecule has 0 radical (unpaired) electrons. The van der Waals surface area contributed by atoms with Crippen LogP contribution in [0.25, 0.3) is 0 Å². The summed E-state index contributed by atoms with van der Waals surface area (Å²) in [6.45, 7) is 3.00. The molecule has 22 heavy (non-hydrogen) atoms. The van der Waals surface area contributed by atoms with Crippen molar-refractivity contribution in [1.82, 2.24) is 20.0 Å². The summed E-state index contributed by atoms with van der Waals surface area (Å²) < 4.78 is 6.95. The molecule has 2 amide bonds. The van der Waals surface area contributed by atoms with Gasteiger partial charge < -0.3 is 15.0 Å². The van der Waals surface area contributed by atoms with E-state index >= 15 is 0 Å². The van der Waals surface area contributed by atoms with E-state index in [-0.39, 0.29) is 18.4 Å². The lowest BCUT2D eigenvalue weighted by Gasteiger charge is -2.23. The highest BCUT2D eigenvalue weighted by atomic mass is 16.5. The molecule has 2 heterocycles. The Labute approximate surface area is 130 Å². The largest absolute Gasteiger partial charge is 0.372 e. The van der Waals surface area contributed by atoms with Crippen LogP contribution in [0.5, 0.6) is 0 Å². The summed E-state index contributed by atoms with van der Waals surface area (Å²) in [6.07, 6.45) is 2.15. The predicted octanol–water partition coefficient (Wildman–Crippen LogP) is 0.372. The maximum atomic E-state index is 12.3. The van der Waals surface area contributed by atoms with Crippen molar-refractivity contribution < 1.29 is 14.3 Å². The molecule has 1 N–H and O–H groups in total. The molecule has 1 atom stereocenters. The van der Waals surface area contributed by atoms with Crippen LogP contribution in [-0.4, -0.2) is 52.8 Å². The maximum absolute atomic E-state index is 12.3. The second-order valence-electron chi connectivity index (χ2n) is 5.66. The second kappa shape index (κ2) is 7.40. The zero-order valence-electron chi connectivity index (χ0n) is 13.5. The number of carbonyl (C=O) groups excluding carboxylic acids is 2. The molecule has 0 spiro atoms. The quantitative estimate of drug-likeness (QED) is 0.853. The van der Waals surface area contributed by atoms with Crippen LogP contribution in [0.4, 0.5) is 0 Å². The first-order valence-corrected chi connectivity index (χ1v) is 7.59. The van der Waals surface area contributed by atoms with E-state index in [9.17, 15) is 9.59 Å². The fourth-order valence-corrected chi connectivity index (χ4v) is 2.69. The van der Waals surface area contributed by atoms with Gasteiger partial charge in [-0.25, -0.2) is 0 Å². The zero-order valence-corrected chi connectivity index (χ0v) is 13.5. The Balaban J connectivity index is 1.87. The van der Waals surface area contributed by atoms with Gasteiger partial charge in [0.05, 0.1) is 24.5 Å².